The number of nitrogens with zero attached hydrogens (tertiary/aromatic N) is 4. The molecular formula is C18H26N6O. The maximum absolute atomic E-state index is 5.14. The molecule has 2 N–H and O–H groups in total. The first-order valence-electron chi connectivity index (χ1n) is 8.74. The summed E-state index contributed by atoms with van der Waals surface area (Å²) in [6.45, 7) is 6.48. The fourth-order valence-corrected chi connectivity index (χ4v) is 3.10. The highest BCUT2D eigenvalue weighted by Crippen LogP contribution is 2.21. The van der Waals surface area contributed by atoms with Crippen molar-refractivity contribution in [3.8, 4) is 0 Å². The number of rotatable bonds is 9. The van der Waals surface area contributed by atoms with E-state index in [0.717, 1.165) is 18.8 Å². The smallest absolute Gasteiger partial charge is 0.168 e. The molecule has 1 aromatic carbocycles. The summed E-state index contributed by atoms with van der Waals surface area (Å²) in [5.74, 6) is 1.25. The molecule has 0 aliphatic rings. The highest BCUT2D eigenvalue weighted by molar-refractivity contribution is 5.83. The lowest BCUT2D eigenvalue weighted by atomic mass is 10.0. The van der Waals surface area contributed by atoms with Gasteiger partial charge in [0.1, 0.15) is 0 Å². The van der Waals surface area contributed by atoms with Gasteiger partial charge in [-0.15, -0.1) is 5.10 Å². The molecule has 134 valence electrons. The number of hydrogen-bond donors (Lipinski definition) is 2. The second-order valence-corrected chi connectivity index (χ2v) is 6.54. The summed E-state index contributed by atoms with van der Waals surface area (Å²) < 4.78 is 6.97. The lowest BCUT2D eigenvalue weighted by Crippen LogP contribution is -2.31. The van der Waals surface area contributed by atoms with E-state index in [0.29, 0.717) is 19.1 Å². The number of para-hydroxylation sites is 1. The van der Waals surface area contributed by atoms with Crippen LogP contribution >= 0.6 is 0 Å². The molecule has 7 heteroatoms. The van der Waals surface area contributed by atoms with Gasteiger partial charge in [-0.2, -0.15) is 0 Å². The molecule has 25 heavy (non-hydrogen) atoms. The quantitative estimate of drug-likeness (QED) is 0.624. The van der Waals surface area contributed by atoms with Crippen LogP contribution in [0.3, 0.4) is 0 Å². The van der Waals surface area contributed by atoms with Crippen molar-refractivity contribution in [3.05, 3.63) is 41.9 Å². The SMILES string of the molecule is COCCn1nnnc1[C@H](NCCc1c[nH]c2ccccc12)C(C)C. The Morgan fingerprint density at radius 1 is 1.28 bits per heavy atom. The first kappa shape index (κ1) is 17.6. The molecule has 2 aromatic heterocycles. The Hall–Kier alpha value is -2.25. The Morgan fingerprint density at radius 2 is 2.12 bits per heavy atom. The van der Waals surface area contributed by atoms with Crippen LogP contribution in [-0.2, 0) is 17.7 Å². The van der Waals surface area contributed by atoms with Crippen molar-refractivity contribution in [1.82, 2.24) is 30.5 Å². The summed E-state index contributed by atoms with van der Waals surface area (Å²) in [7, 11) is 1.68. The first-order chi connectivity index (χ1) is 12.2. The van der Waals surface area contributed by atoms with E-state index in [1.54, 1.807) is 7.11 Å². The molecule has 1 atom stereocenters. The summed E-state index contributed by atoms with van der Waals surface area (Å²) in [6.07, 6.45) is 3.05. The summed E-state index contributed by atoms with van der Waals surface area (Å²) in [6, 6.07) is 8.50. The predicted octanol–water partition coefficient (Wildman–Crippen LogP) is 2.33. The number of fused-ring (bicyclic) bond motifs is 1. The molecular weight excluding hydrogens is 316 g/mol. The van der Waals surface area contributed by atoms with Crippen LogP contribution in [0.25, 0.3) is 10.9 Å². The molecule has 3 rings (SSSR count). The Balaban J connectivity index is 1.66. The van der Waals surface area contributed by atoms with Gasteiger partial charge in [0.15, 0.2) is 5.82 Å². The van der Waals surface area contributed by atoms with Crippen molar-refractivity contribution in [1.29, 1.82) is 0 Å². The standard InChI is InChI=1S/C18H26N6O/c1-13(2)17(18-21-22-23-24(18)10-11-25-3)19-9-8-14-12-20-16-7-5-4-6-15(14)16/h4-7,12-13,17,19-20H,8-11H2,1-3H3/t17-/m1/s1. The normalized spacial score (nSPS) is 13.0. The van der Waals surface area contributed by atoms with Crippen molar-refractivity contribution in [3.63, 3.8) is 0 Å². The van der Waals surface area contributed by atoms with Crippen LogP contribution in [0.4, 0.5) is 0 Å². The topological polar surface area (TPSA) is 80.7 Å². The molecule has 0 fully saturated rings. The summed E-state index contributed by atoms with van der Waals surface area (Å²) in [4.78, 5) is 3.33. The minimum Gasteiger partial charge on any atom is -0.383 e. The van der Waals surface area contributed by atoms with Crippen LogP contribution in [0.5, 0.6) is 0 Å². The van der Waals surface area contributed by atoms with E-state index in [1.165, 1.54) is 16.5 Å². The maximum atomic E-state index is 5.14. The van der Waals surface area contributed by atoms with Gasteiger partial charge in [0, 0.05) is 24.2 Å². The van der Waals surface area contributed by atoms with Crippen molar-refractivity contribution >= 4 is 10.9 Å². The Morgan fingerprint density at radius 3 is 2.92 bits per heavy atom. The molecule has 0 aliphatic heterocycles. The first-order valence-corrected chi connectivity index (χ1v) is 8.74. The van der Waals surface area contributed by atoms with Crippen LogP contribution in [0, 0.1) is 5.92 Å². The largest absolute Gasteiger partial charge is 0.383 e. The number of nitrogens with one attached hydrogen (secondary N) is 2. The molecule has 0 bridgehead atoms. The van der Waals surface area contributed by atoms with Gasteiger partial charge in [0.2, 0.25) is 0 Å². The minimum absolute atomic E-state index is 0.108. The molecule has 0 radical (unpaired) electrons. The van der Waals surface area contributed by atoms with E-state index < -0.39 is 0 Å². The number of ether oxygens (including phenoxy) is 1. The third kappa shape index (κ3) is 4.05. The van der Waals surface area contributed by atoms with Gasteiger partial charge in [0.05, 0.1) is 19.2 Å². The third-order valence-corrected chi connectivity index (χ3v) is 4.45. The lowest BCUT2D eigenvalue weighted by Gasteiger charge is -2.21. The zero-order chi connectivity index (χ0) is 17.6. The molecule has 0 amide bonds. The Labute approximate surface area is 147 Å². The molecule has 0 spiro atoms. The average molecular weight is 342 g/mol. The number of tetrazole rings is 1. The molecule has 0 aliphatic carbocycles. The summed E-state index contributed by atoms with van der Waals surface area (Å²) in [5, 5.41) is 17.1. The number of methoxy groups -OCH3 is 1. The predicted molar refractivity (Wildman–Crippen MR) is 97.3 cm³/mol. The highest BCUT2D eigenvalue weighted by atomic mass is 16.5. The van der Waals surface area contributed by atoms with E-state index in [-0.39, 0.29) is 6.04 Å². The minimum atomic E-state index is 0.108. The lowest BCUT2D eigenvalue weighted by molar-refractivity contribution is 0.180. The van der Waals surface area contributed by atoms with Crippen molar-refractivity contribution in [2.24, 2.45) is 5.92 Å². The summed E-state index contributed by atoms with van der Waals surface area (Å²) in [5.41, 5.74) is 2.51. The zero-order valence-corrected chi connectivity index (χ0v) is 15.1. The highest BCUT2D eigenvalue weighted by Gasteiger charge is 2.22. The van der Waals surface area contributed by atoms with Gasteiger partial charge in [-0.05, 0) is 40.9 Å². The molecule has 0 saturated heterocycles. The fraction of sp³-hybridized carbons (Fsp3) is 0.500. The zero-order valence-electron chi connectivity index (χ0n) is 15.1. The van der Waals surface area contributed by atoms with Crippen LogP contribution in [-0.4, -0.2) is 45.5 Å². The van der Waals surface area contributed by atoms with Crippen LogP contribution < -0.4 is 5.32 Å². The summed E-state index contributed by atoms with van der Waals surface area (Å²) >= 11 is 0. The molecule has 7 nitrogen and oxygen atoms in total. The second kappa shape index (κ2) is 8.22. The van der Waals surface area contributed by atoms with Crippen molar-refractivity contribution in [2.45, 2.75) is 32.9 Å². The van der Waals surface area contributed by atoms with Gasteiger partial charge in [-0.3, -0.25) is 0 Å². The average Bonchev–Trinajstić information content (AvgIpc) is 3.23. The molecule has 0 unspecified atom stereocenters. The fourth-order valence-electron chi connectivity index (χ4n) is 3.10. The second-order valence-electron chi connectivity index (χ2n) is 6.54. The third-order valence-electron chi connectivity index (χ3n) is 4.45. The Kier molecular flexibility index (Phi) is 5.78. The van der Waals surface area contributed by atoms with E-state index in [1.807, 2.05) is 4.68 Å². The Bertz CT molecular complexity index is 794. The van der Waals surface area contributed by atoms with Crippen LogP contribution in [0.2, 0.25) is 0 Å². The van der Waals surface area contributed by atoms with Crippen molar-refractivity contribution < 1.29 is 4.74 Å². The number of benzene rings is 1. The van der Waals surface area contributed by atoms with Gasteiger partial charge >= 0.3 is 0 Å². The van der Waals surface area contributed by atoms with Gasteiger partial charge in [-0.1, -0.05) is 32.0 Å². The van der Waals surface area contributed by atoms with Gasteiger partial charge in [0.25, 0.3) is 0 Å². The number of hydrogen-bond acceptors (Lipinski definition) is 5. The molecule has 0 saturated carbocycles. The number of aromatic amines is 1. The van der Waals surface area contributed by atoms with Gasteiger partial charge in [-0.25, -0.2) is 4.68 Å². The van der Waals surface area contributed by atoms with Crippen LogP contribution in [0.15, 0.2) is 30.5 Å². The number of aromatic nitrogens is 5. The molecule has 2 heterocycles. The van der Waals surface area contributed by atoms with E-state index in [9.17, 15) is 0 Å². The van der Waals surface area contributed by atoms with Gasteiger partial charge < -0.3 is 15.0 Å². The van der Waals surface area contributed by atoms with E-state index in [4.69, 9.17) is 4.74 Å². The van der Waals surface area contributed by atoms with Crippen LogP contribution in [0.1, 0.15) is 31.3 Å². The van der Waals surface area contributed by atoms with E-state index in [2.05, 4.69) is 70.1 Å². The maximum Gasteiger partial charge on any atom is 0.168 e. The molecule has 3 aromatic rings. The van der Waals surface area contributed by atoms with E-state index >= 15 is 0 Å². The monoisotopic (exact) mass is 342 g/mol. The van der Waals surface area contributed by atoms with Crippen molar-refractivity contribution in [2.75, 3.05) is 20.3 Å². The number of H-pyrrole nitrogens is 1.